The Labute approximate surface area is 95.4 Å². The van der Waals surface area contributed by atoms with Crippen molar-refractivity contribution in [2.24, 2.45) is 11.8 Å². The molecule has 0 radical (unpaired) electrons. The maximum absolute atomic E-state index is 3.60. The van der Waals surface area contributed by atoms with Crippen LogP contribution in [0, 0.1) is 11.8 Å². The largest absolute Gasteiger partial charge is 0.313 e. The van der Waals surface area contributed by atoms with Crippen LogP contribution >= 0.6 is 0 Å². The summed E-state index contributed by atoms with van der Waals surface area (Å²) in [5.41, 5.74) is 0. The molecule has 2 nitrogen and oxygen atoms in total. The molecular weight excluding hydrogens is 184 g/mol. The van der Waals surface area contributed by atoms with Crippen LogP contribution in [0.15, 0.2) is 0 Å². The maximum atomic E-state index is 3.60. The Bertz CT molecular complexity index is 164. The van der Waals surface area contributed by atoms with E-state index in [-0.39, 0.29) is 0 Å². The van der Waals surface area contributed by atoms with Crippen molar-refractivity contribution in [2.75, 3.05) is 26.2 Å². The summed E-state index contributed by atoms with van der Waals surface area (Å²) >= 11 is 0. The van der Waals surface area contributed by atoms with Gasteiger partial charge < -0.3 is 10.2 Å². The highest BCUT2D eigenvalue weighted by atomic mass is 15.1. The van der Waals surface area contributed by atoms with Gasteiger partial charge in [-0.1, -0.05) is 20.8 Å². The molecule has 1 rings (SSSR count). The van der Waals surface area contributed by atoms with Crippen LogP contribution < -0.4 is 5.32 Å². The van der Waals surface area contributed by atoms with Gasteiger partial charge in [-0.2, -0.15) is 0 Å². The first-order chi connectivity index (χ1) is 7.13. The minimum atomic E-state index is 0.643. The van der Waals surface area contributed by atoms with Crippen molar-refractivity contribution in [3.05, 3.63) is 0 Å². The molecule has 1 aliphatic carbocycles. The van der Waals surface area contributed by atoms with E-state index in [9.17, 15) is 0 Å². The highest BCUT2D eigenvalue weighted by molar-refractivity contribution is 4.77. The summed E-state index contributed by atoms with van der Waals surface area (Å²) in [6.07, 6.45) is 2.93. The van der Waals surface area contributed by atoms with Gasteiger partial charge in [-0.15, -0.1) is 0 Å². The van der Waals surface area contributed by atoms with Crippen LogP contribution in [0.4, 0.5) is 0 Å². The summed E-state index contributed by atoms with van der Waals surface area (Å²) in [6.45, 7) is 14.0. The molecule has 1 unspecified atom stereocenters. The van der Waals surface area contributed by atoms with Crippen molar-refractivity contribution >= 4 is 0 Å². The van der Waals surface area contributed by atoms with Gasteiger partial charge in [0, 0.05) is 25.7 Å². The van der Waals surface area contributed by atoms with Crippen LogP contribution in [0.1, 0.15) is 40.5 Å². The third-order valence-electron chi connectivity index (χ3n) is 3.55. The van der Waals surface area contributed by atoms with Crippen LogP contribution in [-0.4, -0.2) is 37.1 Å². The van der Waals surface area contributed by atoms with Crippen molar-refractivity contribution in [1.29, 1.82) is 0 Å². The van der Waals surface area contributed by atoms with Crippen LogP contribution in [0.3, 0.4) is 0 Å². The van der Waals surface area contributed by atoms with E-state index in [1.165, 1.54) is 32.5 Å². The Morgan fingerprint density at radius 2 is 1.93 bits per heavy atom. The van der Waals surface area contributed by atoms with Crippen molar-refractivity contribution in [2.45, 2.75) is 46.6 Å². The Kier molecular flexibility index (Phi) is 5.62. The first kappa shape index (κ1) is 13.0. The molecule has 0 amide bonds. The second-order valence-electron chi connectivity index (χ2n) is 5.32. The molecule has 2 heteroatoms. The Hall–Kier alpha value is -0.0800. The molecule has 1 aliphatic rings. The normalized spacial score (nSPS) is 18.8. The zero-order valence-electron chi connectivity index (χ0n) is 10.9. The second kappa shape index (κ2) is 6.49. The maximum Gasteiger partial charge on any atom is 0.0107 e. The predicted molar refractivity (Wildman–Crippen MR) is 67.1 cm³/mol. The van der Waals surface area contributed by atoms with Crippen molar-refractivity contribution in [3.8, 4) is 0 Å². The van der Waals surface area contributed by atoms with E-state index in [2.05, 4.69) is 37.9 Å². The molecule has 15 heavy (non-hydrogen) atoms. The average Bonchev–Trinajstić information content (AvgIpc) is 2.99. The lowest BCUT2D eigenvalue weighted by atomic mass is 10.1. The van der Waals surface area contributed by atoms with Gasteiger partial charge in [-0.25, -0.2) is 0 Å². The van der Waals surface area contributed by atoms with Crippen LogP contribution in [0.2, 0.25) is 0 Å². The number of nitrogens with zero attached hydrogens (tertiary/aromatic N) is 1. The molecule has 0 spiro atoms. The van der Waals surface area contributed by atoms with E-state index in [1.807, 2.05) is 0 Å². The Morgan fingerprint density at radius 3 is 2.40 bits per heavy atom. The van der Waals surface area contributed by atoms with Crippen LogP contribution in [0.25, 0.3) is 0 Å². The lowest BCUT2D eigenvalue weighted by Crippen LogP contribution is -2.38. The third-order valence-corrected chi connectivity index (χ3v) is 3.55. The molecule has 1 saturated carbocycles. The van der Waals surface area contributed by atoms with E-state index < -0.39 is 0 Å². The van der Waals surface area contributed by atoms with E-state index in [0.717, 1.165) is 18.4 Å². The highest BCUT2D eigenvalue weighted by Gasteiger charge is 2.23. The molecule has 0 aromatic rings. The quantitative estimate of drug-likeness (QED) is 0.664. The topological polar surface area (TPSA) is 15.3 Å². The fourth-order valence-corrected chi connectivity index (χ4v) is 1.73. The van der Waals surface area contributed by atoms with Gasteiger partial charge in [0.15, 0.2) is 0 Å². The van der Waals surface area contributed by atoms with Gasteiger partial charge in [0.2, 0.25) is 0 Å². The molecule has 0 saturated heterocycles. The first-order valence-electron chi connectivity index (χ1n) is 6.59. The van der Waals surface area contributed by atoms with Crippen molar-refractivity contribution < 1.29 is 0 Å². The zero-order valence-corrected chi connectivity index (χ0v) is 10.9. The molecule has 0 aromatic carbocycles. The van der Waals surface area contributed by atoms with Gasteiger partial charge in [0.25, 0.3) is 0 Å². The molecule has 1 N–H and O–H groups in total. The van der Waals surface area contributed by atoms with Gasteiger partial charge >= 0.3 is 0 Å². The molecule has 0 aromatic heterocycles. The third kappa shape index (κ3) is 5.53. The minimum absolute atomic E-state index is 0.643. The first-order valence-corrected chi connectivity index (χ1v) is 6.59. The number of likely N-dealkylation sites (N-methyl/N-ethyl adjacent to an activating group) is 1. The predicted octanol–water partition coefficient (Wildman–Crippen LogP) is 2.35. The number of hydrogen-bond acceptors (Lipinski definition) is 2. The van der Waals surface area contributed by atoms with Crippen LogP contribution in [-0.2, 0) is 0 Å². The zero-order chi connectivity index (χ0) is 11.3. The molecule has 0 bridgehead atoms. The fourth-order valence-electron chi connectivity index (χ4n) is 1.73. The molecule has 0 heterocycles. The summed E-state index contributed by atoms with van der Waals surface area (Å²) in [5.74, 6) is 1.76. The molecular formula is C13H28N2. The fraction of sp³-hybridized carbons (Fsp3) is 1.00. The van der Waals surface area contributed by atoms with Gasteiger partial charge in [-0.3, -0.25) is 0 Å². The second-order valence-corrected chi connectivity index (χ2v) is 5.32. The average molecular weight is 212 g/mol. The van der Waals surface area contributed by atoms with Gasteiger partial charge in [0.1, 0.15) is 0 Å². The summed E-state index contributed by atoms with van der Waals surface area (Å²) in [6, 6.07) is 0.643. The lowest BCUT2D eigenvalue weighted by Gasteiger charge is -2.23. The van der Waals surface area contributed by atoms with E-state index in [4.69, 9.17) is 0 Å². The number of nitrogens with one attached hydrogen (secondary N) is 1. The van der Waals surface area contributed by atoms with Crippen LogP contribution in [0.5, 0.6) is 0 Å². The monoisotopic (exact) mass is 212 g/mol. The SMILES string of the molecule is CCN(CCNC(C)C(C)C)CC1CC1. The summed E-state index contributed by atoms with van der Waals surface area (Å²) in [5, 5.41) is 3.60. The summed E-state index contributed by atoms with van der Waals surface area (Å²) in [4.78, 5) is 2.58. The van der Waals surface area contributed by atoms with Gasteiger partial charge in [-0.05, 0) is 38.1 Å². The Morgan fingerprint density at radius 1 is 1.27 bits per heavy atom. The lowest BCUT2D eigenvalue weighted by molar-refractivity contribution is 0.267. The number of rotatable bonds is 8. The van der Waals surface area contributed by atoms with E-state index in [1.54, 1.807) is 0 Å². The summed E-state index contributed by atoms with van der Waals surface area (Å²) < 4.78 is 0. The molecule has 1 atom stereocenters. The Balaban J connectivity index is 2.05. The number of hydrogen-bond donors (Lipinski definition) is 1. The smallest absolute Gasteiger partial charge is 0.0107 e. The standard InChI is InChI=1S/C13H28N2/c1-5-15(10-13-6-7-13)9-8-14-12(4)11(2)3/h11-14H,5-10H2,1-4H3. The van der Waals surface area contributed by atoms with E-state index >= 15 is 0 Å². The molecule has 0 aliphatic heterocycles. The van der Waals surface area contributed by atoms with Gasteiger partial charge in [0.05, 0.1) is 0 Å². The molecule has 90 valence electrons. The van der Waals surface area contributed by atoms with Crippen molar-refractivity contribution in [3.63, 3.8) is 0 Å². The van der Waals surface area contributed by atoms with Crippen molar-refractivity contribution in [1.82, 2.24) is 10.2 Å². The highest BCUT2D eigenvalue weighted by Crippen LogP contribution is 2.29. The van der Waals surface area contributed by atoms with E-state index in [0.29, 0.717) is 6.04 Å². The minimum Gasteiger partial charge on any atom is -0.313 e. The summed E-state index contributed by atoms with van der Waals surface area (Å²) in [7, 11) is 0. The molecule has 1 fully saturated rings.